The highest BCUT2D eigenvalue weighted by molar-refractivity contribution is 7.10. The van der Waals surface area contributed by atoms with Gasteiger partial charge in [0.05, 0.1) is 13.2 Å². The molecule has 1 atom stereocenters. The van der Waals surface area contributed by atoms with Crippen molar-refractivity contribution in [1.82, 2.24) is 5.32 Å². The Labute approximate surface area is 98.6 Å². The average molecular weight is 241 g/mol. The molecule has 0 saturated heterocycles. The number of rotatable bonds is 4. The molecule has 1 heterocycles. The molecular formula is C11H15NO3S. The van der Waals surface area contributed by atoms with Crippen LogP contribution >= 0.6 is 11.3 Å². The van der Waals surface area contributed by atoms with Gasteiger partial charge < -0.3 is 10.1 Å². The molecule has 0 fully saturated rings. The van der Waals surface area contributed by atoms with E-state index in [1.165, 1.54) is 7.11 Å². The van der Waals surface area contributed by atoms with Crippen molar-refractivity contribution in [2.75, 3.05) is 7.11 Å². The number of hydrogen-bond acceptors (Lipinski definition) is 4. The summed E-state index contributed by atoms with van der Waals surface area (Å²) < 4.78 is 4.36. The highest BCUT2D eigenvalue weighted by atomic mass is 32.1. The number of thiophene rings is 1. The number of methoxy groups -OCH3 is 1. The first-order valence-corrected chi connectivity index (χ1v) is 5.99. The lowest BCUT2D eigenvalue weighted by atomic mass is 10.1. The van der Waals surface area contributed by atoms with Crippen molar-refractivity contribution in [2.45, 2.75) is 25.8 Å². The van der Waals surface area contributed by atoms with E-state index in [9.17, 15) is 9.59 Å². The van der Waals surface area contributed by atoms with Crippen molar-refractivity contribution in [3.63, 3.8) is 0 Å². The van der Waals surface area contributed by atoms with Gasteiger partial charge in [0.25, 0.3) is 0 Å². The molecule has 1 unspecified atom stereocenters. The van der Waals surface area contributed by atoms with E-state index in [1.54, 1.807) is 11.3 Å². The lowest BCUT2D eigenvalue weighted by Gasteiger charge is -2.15. The SMILES string of the molecule is CCCC(NC(=O)C(=O)OC)c1cccs1. The van der Waals surface area contributed by atoms with Crippen LogP contribution in [0.5, 0.6) is 0 Å². The molecule has 1 amide bonds. The lowest BCUT2D eigenvalue weighted by Crippen LogP contribution is -2.34. The summed E-state index contributed by atoms with van der Waals surface area (Å²) >= 11 is 1.57. The summed E-state index contributed by atoms with van der Waals surface area (Å²) in [6.07, 6.45) is 1.74. The fourth-order valence-electron chi connectivity index (χ4n) is 1.37. The van der Waals surface area contributed by atoms with Gasteiger partial charge in [-0.15, -0.1) is 11.3 Å². The van der Waals surface area contributed by atoms with Gasteiger partial charge >= 0.3 is 11.9 Å². The zero-order valence-electron chi connectivity index (χ0n) is 9.36. The number of ether oxygens (including phenoxy) is 1. The normalized spacial score (nSPS) is 11.9. The topological polar surface area (TPSA) is 55.4 Å². The van der Waals surface area contributed by atoms with E-state index in [0.717, 1.165) is 17.7 Å². The van der Waals surface area contributed by atoms with E-state index in [2.05, 4.69) is 10.1 Å². The predicted octanol–water partition coefficient (Wildman–Crippen LogP) is 1.88. The van der Waals surface area contributed by atoms with Crippen LogP contribution in [0, 0.1) is 0 Å². The van der Waals surface area contributed by atoms with Gasteiger partial charge in [-0.1, -0.05) is 19.4 Å². The van der Waals surface area contributed by atoms with Gasteiger partial charge in [0, 0.05) is 4.88 Å². The summed E-state index contributed by atoms with van der Waals surface area (Å²) in [5.74, 6) is -1.54. The van der Waals surface area contributed by atoms with Gasteiger partial charge in [0.2, 0.25) is 0 Å². The number of esters is 1. The second-order valence-electron chi connectivity index (χ2n) is 3.32. The molecule has 0 bridgehead atoms. The minimum absolute atomic E-state index is 0.100. The lowest BCUT2D eigenvalue weighted by molar-refractivity contribution is -0.153. The molecule has 1 aromatic heterocycles. The molecule has 1 N–H and O–H groups in total. The van der Waals surface area contributed by atoms with E-state index < -0.39 is 11.9 Å². The molecule has 88 valence electrons. The maximum atomic E-state index is 11.4. The van der Waals surface area contributed by atoms with Gasteiger partial charge in [-0.05, 0) is 17.9 Å². The van der Waals surface area contributed by atoms with Crippen LogP contribution in [-0.2, 0) is 14.3 Å². The van der Waals surface area contributed by atoms with Crippen molar-refractivity contribution in [3.8, 4) is 0 Å². The molecule has 0 spiro atoms. The van der Waals surface area contributed by atoms with Crippen molar-refractivity contribution in [3.05, 3.63) is 22.4 Å². The largest absolute Gasteiger partial charge is 0.462 e. The standard InChI is InChI=1S/C11H15NO3S/c1-3-5-8(9-6-4-7-16-9)12-10(13)11(14)15-2/h4,6-8H,3,5H2,1-2H3,(H,12,13). The molecule has 4 nitrogen and oxygen atoms in total. The fraction of sp³-hybridized carbons (Fsp3) is 0.455. The first-order valence-electron chi connectivity index (χ1n) is 5.11. The molecule has 1 rings (SSSR count). The van der Waals surface area contributed by atoms with Crippen LogP contribution in [0.4, 0.5) is 0 Å². The van der Waals surface area contributed by atoms with E-state index in [-0.39, 0.29) is 6.04 Å². The van der Waals surface area contributed by atoms with Crippen LogP contribution in [0.25, 0.3) is 0 Å². The maximum absolute atomic E-state index is 11.4. The van der Waals surface area contributed by atoms with Gasteiger partial charge in [-0.3, -0.25) is 4.79 Å². The number of carbonyl (C=O) groups is 2. The number of hydrogen-bond donors (Lipinski definition) is 1. The van der Waals surface area contributed by atoms with Crippen molar-refractivity contribution >= 4 is 23.2 Å². The first-order chi connectivity index (χ1) is 7.69. The Bertz CT molecular complexity index is 348. The van der Waals surface area contributed by atoms with Gasteiger partial charge in [-0.25, -0.2) is 4.79 Å². The third-order valence-electron chi connectivity index (χ3n) is 2.14. The van der Waals surface area contributed by atoms with E-state index in [0.29, 0.717) is 0 Å². The second kappa shape index (κ2) is 6.27. The molecule has 0 aliphatic rings. The summed E-state index contributed by atoms with van der Waals surface area (Å²) in [7, 11) is 1.20. The molecule has 0 saturated carbocycles. The Balaban J connectivity index is 2.65. The van der Waals surface area contributed by atoms with Gasteiger partial charge in [0.1, 0.15) is 0 Å². The van der Waals surface area contributed by atoms with Gasteiger partial charge in [0.15, 0.2) is 0 Å². The van der Waals surface area contributed by atoms with Gasteiger partial charge in [-0.2, -0.15) is 0 Å². The molecule has 5 heteroatoms. The Morgan fingerprint density at radius 2 is 2.31 bits per heavy atom. The Kier molecular flexibility index (Phi) is 4.98. The zero-order chi connectivity index (χ0) is 12.0. The predicted molar refractivity (Wildman–Crippen MR) is 62.1 cm³/mol. The van der Waals surface area contributed by atoms with E-state index >= 15 is 0 Å². The summed E-state index contributed by atoms with van der Waals surface area (Å²) in [5, 5.41) is 4.61. The molecule has 1 aromatic rings. The highest BCUT2D eigenvalue weighted by Gasteiger charge is 2.20. The van der Waals surface area contributed by atoms with Crippen LogP contribution < -0.4 is 5.32 Å². The average Bonchev–Trinajstić information content (AvgIpc) is 2.80. The fourth-order valence-corrected chi connectivity index (χ4v) is 2.19. The van der Waals surface area contributed by atoms with Crippen molar-refractivity contribution in [2.24, 2.45) is 0 Å². The van der Waals surface area contributed by atoms with E-state index in [4.69, 9.17) is 0 Å². The summed E-state index contributed by atoms with van der Waals surface area (Å²) in [6.45, 7) is 2.03. The Hall–Kier alpha value is -1.36. The molecule has 0 aromatic carbocycles. The summed E-state index contributed by atoms with van der Waals surface area (Å²) in [4.78, 5) is 23.4. The number of nitrogens with one attached hydrogen (secondary N) is 1. The van der Waals surface area contributed by atoms with Crippen molar-refractivity contribution in [1.29, 1.82) is 0 Å². The second-order valence-corrected chi connectivity index (χ2v) is 4.30. The van der Waals surface area contributed by atoms with Crippen LogP contribution in [0.15, 0.2) is 17.5 Å². The Morgan fingerprint density at radius 3 is 2.81 bits per heavy atom. The van der Waals surface area contributed by atoms with Crippen LogP contribution in [0.1, 0.15) is 30.7 Å². The molecule has 0 aliphatic carbocycles. The van der Waals surface area contributed by atoms with Crippen LogP contribution in [0.3, 0.4) is 0 Å². The van der Waals surface area contributed by atoms with Crippen LogP contribution in [0.2, 0.25) is 0 Å². The molecule has 16 heavy (non-hydrogen) atoms. The molecule has 0 radical (unpaired) electrons. The quantitative estimate of drug-likeness (QED) is 0.647. The third kappa shape index (κ3) is 3.34. The summed E-state index contributed by atoms with van der Waals surface area (Å²) in [6, 6.07) is 3.77. The smallest absolute Gasteiger partial charge is 0.396 e. The molecule has 0 aliphatic heterocycles. The number of amides is 1. The number of carbonyl (C=O) groups excluding carboxylic acids is 2. The first kappa shape index (κ1) is 12.7. The molecular weight excluding hydrogens is 226 g/mol. The maximum Gasteiger partial charge on any atom is 0.396 e. The monoisotopic (exact) mass is 241 g/mol. The van der Waals surface area contributed by atoms with Crippen molar-refractivity contribution < 1.29 is 14.3 Å². The van der Waals surface area contributed by atoms with Crippen LogP contribution in [-0.4, -0.2) is 19.0 Å². The zero-order valence-corrected chi connectivity index (χ0v) is 10.2. The Morgan fingerprint density at radius 1 is 1.56 bits per heavy atom. The third-order valence-corrected chi connectivity index (χ3v) is 3.13. The minimum Gasteiger partial charge on any atom is -0.462 e. The highest BCUT2D eigenvalue weighted by Crippen LogP contribution is 2.22. The summed E-state index contributed by atoms with van der Waals surface area (Å²) in [5.41, 5.74) is 0. The minimum atomic E-state index is -0.849. The van der Waals surface area contributed by atoms with E-state index in [1.807, 2.05) is 24.4 Å².